The molecule has 0 radical (unpaired) electrons. The number of rotatable bonds is 4. The number of aliphatic hydroxyl groups is 1. The Morgan fingerprint density at radius 3 is 2.76 bits per heavy atom. The number of methoxy groups -OCH3 is 1. The van der Waals surface area contributed by atoms with Gasteiger partial charge >= 0.3 is 0 Å². The fourth-order valence-electron chi connectivity index (χ4n) is 1.76. The fourth-order valence-corrected chi connectivity index (χ4v) is 2.61. The number of hydrogen-bond donors (Lipinski definition) is 1. The molecule has 0 aliphatic carbocycles. The topological polar surface area (TPSA) is 29.5 Å². The summed E-state index contributed by atoms with van der Waals surface area (Å²) in [6, 6.07) is 10.0. The zero-order chi connectivity index (χ0) is 12.3. The summed E-state index contributed by atoms with van der Waals surface area (Å²) < 4.78 is 5.12. The van der Waals surface area contributed by atoms with Crippen LogP contribution in [0.15, 0.2) is 35.7 Å². The van der Waals surface area contributed by atoms with Crippen molar-refractivity contribution >= 4 is 11.3 Å². The van der Waals surface area contributed by atoms with Gasteiger partial charge in [0.2, 0.25) is 0 Å². The molecule has 0 aliphatic rings. The molecule has 1 aromatic carbocycles. The van der Waals surface area contributed by atoms with Gasteiger partial charge in [-0.2, -0.15) is 0 Å². The van der Waals surface area contributed by atoms with Crippen molar-refractivity contribution in [2.75, 3.05) is 7.11 Å². The molecule has 3 heteroatoms. The van der Waals surface area contributed by atoms with Gasteiger partial charge < -0.3 is 9.84 Å². The molecular formula is C14H16O2S. The second-order valence-electron chi connectivity index (χ2n) is 4.04. The summed E-state index contributed by atoms with van der Waals surface area (Å²) in [7, 11) is 1.64. The summed E-state index contributed by atoms with van der Waals surface area (Å²) >= 11 is 1.53. The predicted octanol–water partition coefficient (Wildman–Crippen LogP) is 3.34. The van der Waals surface area contributed by atoms with E-state index in [4.69, 9.17) is 4.74 Å². The molecular weight excluding hydrogens is 232 g/mol. The van der Waals surface area contributed by atoms with E-state index in [-0.39, 0.29) is 0 Å². The Hall–Kier alpha value is -1.32. The summed E-state index contributed by atoms with van der Waals surface area (Å²) in [5.74, 6) is 0.814. The van der Waals surface area contributed by atoms with Crippen molar-refractivity contribution in [1.29, 1.82) is 0 Å². The van der Waals surface area contributed by atoms with Crippen LogP contribution in [0.2, 0.25) is 0 Å². The summed E-state index contributed by atoms with van der Waals surface area (Å²) in [6.07, 6.45) is 0.195. The maximum Gasteiger partial charge on any atom is 0.129 e. The van der Waals surface area contributed by atoms with Crippen molar-refractivity contribution in [3.63, 3.8) is 0 Å². The molecule has 1 aromatic heterocycles. The number of aliphatic hydroxyl groups excluding tert-OH is 1. The Balaban J connectivity index is 2.11. The lowest BCUT2D eigenvalue weighted by Gasteiger charge is -2.10. The van der Waals surface area contributed by atoms with Crippen LogP contribution in [0.4, 0.5) is 0 Å². The molecule has 2 nitrogen and oxygen atoms in total. The zero-order valence-electron chi connectivity index (χ0n) is 10.0. The minimum absolute atomic E-state index is 0.454. The van der Waals surface area contributed by atoms with Crippen molar-refractivity contribution in [3.8, 4) is 5.75 Å². The maximum atomic E-state index is 10.2. The first kappa shape index (κ1) is 12.1. The second-order valence-corrected chi connectivity index (χ2v) is 4.98. The molecule has 0 saturated carbocycles. The Morgan fingerprint density at radius 2 is 2.12 bits per heavy atom. The van der Waals surface area contributed by atoms with E-state index in [2.05, 4.69) is 19.1 Å². The van der Waals surface area contributed by atoms with E-state index in [0.29, 0.717) is 6.42 Å². The molecule has 0 aliphatic heterocycles. The quantitative estimate of drug-likeness (QED) is 0.899. The van der Waals surface area contributed by atoms with Crippen molar-refractivity contribution in [3.05, 3.63) is 51.7 Å². The van der Waals surface area contributed by atoms with Gasteiger partial charge in [-0.15, -0.1) is 11.3 Å². The third-order valence-electron chi connectivity index (χ3n) is 2.83. The van der Waals surface area contributed by atoms with Gasteiger partial charge in [0.25, 0.3) is 0 Å². The summed E-state index contributed by atoms with van der Waals surface area (Å²) in [6.45, 7) is 2.07. The molecule has 2 aromatic rings. The molecule has 1 N–H and O–H groups in total. The van der Waals surface area contributed by atoms with Crippen LogP contribution in [0, 0.1) is 6.92 Å². The molecule has 0 amide bonds. The van der Waals surface area contributed by atoms with Crippen molar-refractivity contribution in [2.24, 2.45) is 0 Å². The zero-order valence-corrected chi connectivity index (χ0v) is 10.8. The molecule has 90 valence electrons. The average Bonchev–Trinajstić information content (AvgIpc) is 2.81. The minimum atomic E-state index is -0.454. The lowest BCUT2D eigenvalue weighted by molar-refractivity contribution is 0.182. The van der Waals surface area contributed by atoms with Gasteiger partial charge in [0.15, 0.2) is 0 Å². The van der Waals surface area contributed by atoms with E-state index < -0.39 is 6.10 Å². The second kappa shape index (κ2) is 5.34. The Labute approximate surface area is 105 Å². The number of benzene rings is 1. The Morgan fingerprint density at radius 1 is 1.35 bits per heavy atom. The highest BCUT2D eigenvalue weighted by Gasteiger charge is 2.12. The van der Waals surface area contributed by atoms with E-state index in [1.807, 2.05) is 23.6 Å². The molecule has 0 bridgehead atoms. The first-order valence-electron chi connectivity index (χ1n) is 5.55. The van der Waals surface area contributed by atoms with E-state index in [9.17, 15) is 5.11 Å². The van der Waals surface area contributed by atoms with Gasteiger partial charge in [-0.25, -0.2) is 0 Å². The lowest BCUT2D eigenvalue weighted by atomic mass is 10.0. The van der Waals surface area contributed by atoms with Crippen LogP contribution < -0.4 is 4.74 Å². The smallest absolute Gasteiger partial charge is 0.129 e. The molecule has 2 rings (SSSR count). The third kappa shape index (κ3) is 2.87. The third-order valence-corrected chi connectivity index (χ3v) is 3.85. The first-order valence-corrected chi connectivity index (χ1v) is 6.43. The van der Waals surface area contributed by atoms with E-state index in [0.717, 1.165) is 10.6 Å². The van der Waals surface area contributed by atoms with Crippen LogP contribution in [0.25, 0.3) is 0 Å². The highest BCUT2D eigenvalue weighted by molar-refractivity contribution is 7.10. The van der Waals surface area contributed by atoms with Crippen molar-refractivity contribution in [2.45, 2.75) is 19.4 Å². The molecule has 17 heavy (non-hydrogen) atoms. The van der Waals surface area contributed by atoms with Gasteiger partial charge in [0.1, 0.15) is 5.75 Å². The highest BCUT2D eigenvalue weighted by atomic mass is 32.1. The standard InChI is InChI=1S/C14H16O2S/c1-10-5-3-4-6-11(10)7-13(15)14-8-12(16-2)9-17-14/h3-6,8-9,13,15H,7H2,1-2H3. The molecule has 0 spiro atoms. The van der Waals surface area contributed by atoms with Gasteiger partial charge in [0, 0.05) is 16.7 Å². The maximum absolute atomic E-state index is 10.2. The van der Waals surface area contributed by atoms with Crippen LogP contribution in [-0.2, 0) is 6.42 Å². The normalized spacial score (nSPS) is 12.4. The number of thiophene rings is 1. The molecule has 1 heterocycles. The number of ether oxygens (including phenoxy) is 1. The van der Waals surface area contributed by atoms with E-state index in [1.54, 1.807) is 7.11 Å². The summed E-state index contributed by atoms with van der Waals surface area (Å²) in [5, 5.41) is 12.1. The lowest BCUT2D eigenvalue weighted by Crippen LogP contribution is -2.01. The fraction of sp³-hybridized carbons (Fsp3) is 0.286. The van der Waals surface area contributed by atoms with Crippen LogP contribution in [-0.4, -0.2) is 12.2 Å². The van der Waals surface area contributed by atoms with Crippen molar-refractivity contribution in [1.82, 2.24) is 0 Å². The van der Waals surface area contributed by atoms with Gasteiger partial charge in [-0.05, 0) is 24.1 Å². The van der Waals surface area contributed by atoms with Crippen molar-refractivity contribution < 1.29 is 9.84 Å². The van der Waals surface area contributed by atoms with Crippen LogP contribution >= 0.6 is 11.3 Å². The number of hydrogen-bond acceptors (Lipinski definition) is 3. The summed E-state index contributed by atoms with van der Waals surface area (Å²) in [4.78, 5) is 0.949. The highest BCUT2D eigenvalue weighted by Crippen LogP contribution is 2.29. The van der Waals surface area contributed by atoms with Gasteiger partial charge in [-0.1, -0.05) is 24.3 Å². The van der Waals surface area contributed by atoms with Crippen LogP contribution in [0.3, 0.4) is 0 Å². The molecule has 1 atom stereocenters. The molecule has 0 saturated heterocycles. The van der Waals surface area contributed by atoms with Gasteiger partial charge in [0.05, 0.1) is 13.2 Å². The first-order chi connectivity index (χ1) is 8.20. The molecule has 1 unspecified atom stereocenters. The van der Waals surface area contributed by atoms with E-state index in [1.165, 1.54) is 22.5 Å². The Bertz CT molecular complexity index is 490. The summed E-state index contributed by atoms with van der Waals surface area (Å²) in [5.41, 5.74) is 2.41. The van der Waals surface area contributed by atoms with E-state index >= 15 is 0 Å². The number of aryl methyl sites for hydroxylation is 1. The minimum Gasteiger partial charge on any atom is -0.496 e. The largest absolute Gasteiger partial charge is 0.496 e. The predicted molar refractivity (Wildman–Crippen MR) is 70.7 cm³/mol. The molecule has 0 fully saturated rings. The van der Waals surface area contributed by atoms with Crippen LogP contribution in [0.1, 0.15) is 22.1 Å². The average molecular weight is 248 g/mol. The Kier molecular flexibility index (Phi) is 3.82. The monoisotopic (exact) mass is 248 g/mol. The van der Waals surface area contributed by atoms with Gasteiger partial charge in [-0.3, -0.25) is 0 Å². The van der Waals surface area contributed by atoms with Crippen LogP contribution in [0.5, 0.6) is 5.75 Å². The SMILES string of the molecule is COc1csc(C(O)Cc2ccccc2C)c1.